The summed E-state index contributed by atoms with van der Waals surface area (Å²) < 4.78 is 0. The molecule has 0 radical (unpaired) electrons. The molecule has 0 bridgehead atoms. The van der Waals surface area contributed by atoms with Crippen LogP contribution in [0.15, 0.2) is 0 Å². The third-order valence-electron chi connectivity index (χ3n) is 9.57. The highest BCUT2D eigenvalue weighted by Gasteiger charge is 2.70. The molecule has 0 aromatic carbocycles. The predicted molar refractivity (Wildman–Crippen MR) is 96.2 cm³/mol. The third-order valence-corrected chi connectivity index (χ3v) is 9.57. The van der Waals surface area contributed by atoms with E-state index in [0.717, 1.165) is 19.3 Å². The van der Waals surface area contributed by atoms with Crippen molar-refractivity contribution >= 4 is 5.78 Å². The van der Waals surface area contributed by atoms with Crippen molar-refractivity contribution in [3.63, 3.8) is 0 Å². The second-order valence-corrected chi connectivity index (χ2v) is 10.3. The van der Waals surface area contributed by atoms with Gasteiger partial charge in [0.05, 0.1) is 17.8 Å². The zero-order chi connectivity index (χ0) is 19.1. The molecule has 4 N–H and O–H groups in total. The number of carbonyl (C=O) groups excluding carboxylic acids is 1. The number of ketones is 1. The molecule has 0 aliphatic heterocycles. The smallest absolute Gasteiger partial charge is 0.161 e. The Morgan fingerprint density at radius 1 is 0.923 bits per heavy atom. The molecule has 5 nitrogen and oxygen atoms in total. The molecule has 0 amide bonds. The minimum atomic E-state index is -1.26. The fraction of sp³-hybridized carbons (Fsp3) is 0.952. The van der Waals surface area contributed by atoms with Crippen molar-refractivity contribution in [1.82, 2.24) is 0 Å². The average Bonchev–Trinajstić information content (AvgIpc) is 2.84. The molecule has 0 aromatic rings. The molecule has 0 aromatic heterocycles. The number of aliphatic hydroxyl groups excluding tert-OH is 2. The molecule has 9 atom stereocenters. The molecular weight excluding hydrogens is 332 g/mol. The zero-order valence-corrected chi connectivity index (χ0v) is 16.2. The van der Waals surface area contributed by atoms with Crippen LogP contribution in [0.2, 0.25) is 0 Å². The summed E-state index contributed by atoms with van der Waals surface area (Å²) in [6.07, 6.45) is 3.63. The molecule has 5 heteroatoms. The number of hydrogen-bond acceptors (Lipinski definition) is 5. The first-order chi connectivity index (χ1) is 12.0. The standard InChI is InChI=1S/C21H34O5/c1-12(22)20(25)9-6-16-14-10-17(24)21(26)11-13(23)4-7-19(21,3)15(14)5-8-18(16,20)2/h13-17,23-26H,4-11H2,1-3H3/t13-,14-,15-,16-,17+,18+,19-,20+,21+/m1/s1. The summed E-state index contributed by atoms with van der Waals surface area (Å²) in [6.45, 7) is 5.65. The summed E-state index contributed by atoms with van der Waals surface area (Å²) in [6, 6.07) is 0. The first-order valence-corrected chi connectivity index (χ1v) is 10.3. The van der Waals surface area contributed by atoms with E-state index in [9.17, 15) is 25.2 Å². The van der Waals surface area contributed by atoms with Gasteiger partial charge in [0.25, 0.3) is 0 Å². The highest BCUT2D eigenvalue weighted by molar-refractivity contribution is 5.86. The number of fused-ring (bicyclic) bond motifs is 5. The number of rotatable bonds is 1. The van der Waals surface area contributed by atoms with Gasteiger partial charge in [0, 0.05) is 17.3 Å². The van der Waals surface area contributed by atoms with Gasteiger partial charge in [-0.15, -0.1) is 0 Å². The highest BCUT2D eigenvalue weighted by atomic mass is 16.3. The molecule has 0 spiro atoms. The Labute approximate surface area is 155 Å². The van der Waals surface area contributed by atoms with E-state index < -0.39 is 34.2 Å². The van der Waals surface area contributed by atoms with Gasteiger partial charge in [-0.25, -0.2) is 0 Å². The van der Waals surface area contributed by atoms with E-state index in [2.05, 4.69) is 13.8 Å². The van der Waals surface area contributed by atoms with Crippen LogP contribution in [0.5, 0.6) is 0 Å². The first-order valence-electron chi connectivity index (χ1n) is 10.3. The lowest BCUT2D eigenvalue weighted by Crippen LogP contribution is -2.69. The normalized spacial score (nSPS) is 59.3. The van der Waals surface area contributed by atoms with E-state index in [1.807, 2.05) is 0 Å². The summed E-state index contributed by atoms with van der Waals surface area (Å²) in [5, 5.41) is 43.6. The number of Topliss-reactive ketones (excluding diaryl/α,β-unsaturated/α-hetero) is 1. The maximum atomic E-state index is 12.3. The fourth-order valence-corrected chi connectivity index (χ4v) is 7.85. The monoisotopic (exact) mass is 366 g/mol. The van der Waals surface area contributed by atoms with Crippen LogP contribution in [0.3, 0.4) is 0 Å². The lowest BCUT2D eigenvalue weighted by molar-refractivity contribution is -0.267. The summed E-state index contributed by atoms with van der Waals surface area (Å²) >= 11 is 0. The largest absolute Gasteiger partial charge is 0.393 e. The Bertz CT molecular complexity index is 622. The van der Waals surface area contributed by atoms with Gasteiger partial charge in [-0.05, 0) is 69.6 Å². The van der Waals surface area contributed by atoms with Crippen LogP contribution in [-0.2, 0) is 4.79 Å². The molecule has 0 saturated heterocycles. The van der Waals surface area contributed by atoms with E-state index >= 15 is 0 Å². The second kappa shape index (κ2) is 5.53. The number of hydrogen-bond donors (Lipinski definition) is 4. The zero-order valence-electron chi connectivity index (χ0n) is 16.2. The van der Waals surface area contributed by atoms with Gasteiger partial charge >= 0.3 is 0 Å². The minimum absolute atomic E-state index is 0.138. The molecule has 4 rings (SSSR count). The van der Waals surface area contributed by atoms with Crippen LogP contribution in [0.1, 0.15) is 72.1 Å². The molecule has 26 heavy (non-hydrogen) atoms. The Kier molecular flexibility index (Phi) is 4.01. The van der Waals surface area contributed by atoms with Crippen molar-refractivity contribution in [3.05, 3.63) is 0 Å². The predicted octanol–water partition coefficient (Wildman–Crippen LogP) is 1.80. The maximum Gasteiger partial charge on any atom is 0.161 e. The fourth-order valence-electron chi connectivity index (χ4n) is 7.85. The van der Waals surface area contributed by atoms with Crippen LogP contribution in [0.25, 0.3) is 0 Å². The lowest BCUT2D eigenvalue weighted by atomic mass is 9.42. The van der Waals surface area contributed by atoms with Crippen LogP contribution < -0.4 is 0 Å². The molecule has 4 aliphatic rings. The molecule has 148 valence electrons. The average molecular weight is 366 g/mol. The van der Waals surface area contributed by atoms with Gasteiger partial charge in [0.15, 0.2) is 5.78 Å². The molecule has 4 saturated carbocycles. The van der Waals surface area contributed by atoms with E-state index in [-0.39, 0.29) is 30.0 Å². The van der Waals surface area contributed by atoms with Crippen molar-refractivity contribution in [1.29, 1.82) is 0 Å². The molecule has 0 unspecified atom stereocenters. The van der Waals surface area contributed by atoms with Gasteiger partial charge in [0.1, 0.15) is 5.60 Å². The van der Waals surface area contributed by atoms with E-state index in [4.69, 9.17) is 0 Å². The Balaban J connectivity index is 1.72. The second-order valence-electron chi connectivity index (χ2n) is 10.3. The summed E-state index contributed by atoms with van der Waals surface area (Å²) in [4.78, 5) is 12.3. The van der Waals surface area contributed by atoms with Crippen molar-refractivity contribution < 1.29 is 25.2 Å². The van der Waals surface area contributed by atoms with E-state index in [1.165, 1.54) is 6.92 Å². The molecular formula is C21H34O5. The van der Waals surface area contributed by atoms with Crippen molar-refractivity contribution in [2.24, 2.45) is 28.6 Å². The number of aliphatic hydroxyl groups is 4. The Hall–Kier alpha value is -0.490. The Morgan fingerprint density at radius 3 is 2.15 bits per heavy atom. The highest BCUT2D eigenvalue weighted by Crippen LogP contribution is 2.69. The van der Waals surface area contributed by atoms with Crippen LogP contribution in [0, 0.1) is 28.6 Å². The lowest BCUT2D eigenvalue weighted by Gasteiger charge is -2.65. The SMILES string of the molecule is CC(=O)[C@@]1(O)CC[C@@H]2[C@@H]3C[C@H](O)[C@@]4(O)C[C@H](O)CC[C@]4(C)[C@@H]3CC[C@@]21C. The minimum Gasteiger partial charge on any atom is -0.393 e. The number of carbonyl (C=O) groups is 1. The molecule has 0 heterocycles. The topological polar surface area (TPSA) is 98.0 Å². The van der Waals surface area contributed by atoms with Crippen molar-refractivity contribution in [3.8, 4) is 0 Å². The van der Waals surface area contributed by atoms with Gasteiger partial charge < -0.3 is 20.4 Å². The van der Waals surface area contributed by atoms with Crippen LogP contribution >= 0.6 is 0 Å². The van der Waals surface area contributed by atoms with Gasteiger partial charge in [-0.2, -0.15) is 0 Å². The van der Waals surface area contributed by atoms with Gasteiger partial charge in [-0.3, -0.25) is 4.79 Å². The van der Waals surface area contributed by atoms with E-state index in [0.29, 0.717) is 25.7 Å². The Morgan fingerprint density at radius 2 is 1.50 bits per heavy atom. The van der Waals surface area contributed by atoms with Crippen molar-refractivity contribution in [2.75, 3.05) is 0 Å². The van der Waals surface area contributed by atoms with Gasteiger partial charge in [-0.1, -0.05) is 13.8 Å². The first kappa shape index (κ1) is 18.9. The third kappa shape index (κ3) is 2.04. The van der Waals surface area contributed by atoms with Gasteiger partial charge in [0.2, 0.25) is 0 Å². The molecule has 4 aliphatic carbocycles. The van der Waals surface area contributed by atoms with Crippen LogP contribution in [0.4, 0.5) is 0 Å². The summed E-state index contributed by atoms with van der Waals surface area (Å²) in [5.41, 5.74) is -3.37. The van der Waals surface area contributed by atoms with Crippen LogP contribution in [-0.4, -0.2) is 49.6 Å². The summed E-state index contributed by atoms with van der Waals surface area (Å²) in [5.74, 6) is 0.521. The maximum absolute atomic E-state index is 12.3. The van der Waals surface area contributed by atoms with E-state index in [1.54, 1.807) is 0 Å². The summed E-state index contributed by atoms with van der Waals surface area (Å²) in [7, 11) is 0. The molecule has 4 fully saturated rings. The van der Waals surface area contributed by atoms with Crippen molar-refractivity contribution in [2.45, 2.75) is 95.5 Å². The quantitative estimate of drug-likeness (QED) is 0.567.